The van der Waals surface area contributed by atoms with Gasteiger partial charge in [-0.25, -0.2) is 5.48 Å². The average molecular weight is 279 g/mol. The Bertz CT molecular complexity index is 455. The molecule has 110 valence electrons. The molecule has 0 bridgehead atoms. The van der Waals surface area contributed by atoms with Crippen LogP contribution >= 0.6 is 0 Å². The molecule has 1 aromatic carbocycles. The molecule has 1 fully saturated rings. The maximum absolute atomic E-state index is 11.6. The van der Waals surface area contributed by atoms with E-state index in [1.54, 1.807) is 13.2 Å². The van der Waals surface area contributed by atoms with Crippen molar-refractivity contribution in [3.63, 3.8) is 0 Å². The number of aryl methyl sites for hydroxylation is 1. The van der Waals surface area contributed by atoms with E-state index in [2.05, 4.69) is 5.48 Å². The molecule has 1 aliphatic rings. The Hall–Kier alpha value is -1.75. The number of carbonyl (C=O) groups is 1. The molecule has 5 nitrogen and oxygen atoms in total. The zero-order chi connectivity index (χ0) is 14.4. The van der Waals surface area contributed by atoms with Gasteiger partial charge in [0.25, 0.3) is 5.91 Å². The predicted octanol–water partition coefficient (Wildman–Crippen LogP) is 2.37. The Labute approximate surface area is 119 Å². The van der Waals surface area contributed by atoms with Gasteiger partial charge < -0.3 is 9.47 Å². The Balaban J connectivity index is 1.77. The quantitative estimate of drug-likeness (QED) is 0.812. The fourth-order valence-electron chi connectivity index (χ4n) is 2.22. The fourth-order valence-corrected chi connectivity index (χ4v) is 2.22. The van der Waals surface area contributed by atoms with Gasteiger partial charge in [-0.2, -0.15) is 0 Å². The first-order valence-electron chi connectivity index (χ1n) is 6.91. The fraction of sp³-hybridized carbons (Fsp3) is 0.533. The van der Waals surface area contributed by atoms with Gasteiger partial charge in [0.1, 0.15) is 0 Å². The summed E-state index contributed by atoms with van der Waals surface area (Å²) in [5, 5.41) is 0. The lowest BCUT2D eigenvalue weighted by molar-refractivity contribution is -0.140. The molecule has 0 aromatic heterocycles. The second-order valence-electron chi connectivity index (χ2n) is 4.99. The summed E-state index contributed by atoms with van der Waals surface area (Å²) in [6.07, 6.45) is 4.49. The van der Waals surface area contributed by atoms with E-state index < -0.39 is 0 Å². The molecule has 0 saturated heterocycles. The van der Waals surface area contributed by atoms with Crippen LogP contribution in [-0.2, 0) is 9.63 Å². The Morgan fingerprint density at radius 1 is 1.30 bits per heavy atom. The minimum absolute atomic E-state index is 0.0911. The van der Waals surface area contributed by atoms with Crippen LogP contribution in [0.4, 0.5) is 0 Å². The Kier molecular flexibility index (Phi) is 5.24. The molecular formula is C15H21NO4. The number of benzene rings is 1. The number of carbonyl (C=O) groups excluding carboxylic acids is 1. The lowest BCUT2D eigenvalue weighted by atomic mass is 10.2. The lowest BCUT2D eigenvalue weighted by Gasteiger charge is -2.13. The van der Waals surface area contributed by atoms with Crippen LogP contribution in [0.3, 0.4) is 0 Å². The van der Waals surface area contributed by atoms with Gasteiger partial charge in [-0.05, 0) is 37.5 Å². The molecule has 0 atom stereocenters. The average Bonchev–Trinajstić information content (AvgIpc) is 2.97. The summed E-state index contributed by atoms with van der Waals surface area (Å²) < 4.78 is 10.7. The van der Waals surface area contributed by atoms with Gasteiger partial charge >= 0.3 is 0 Å². The third-order valence-electron chi connectivity index (χ3n) is 3.32. The number of hydroxylamine groups is 1. The summed E-state index contributed by atoms with van der Waals surface area (Å²) in [5.41, 5.74) is 3.51. The van der Waals surface area contributed by atoms with Crippen LogP contribution in [0.25, 0.3) is 0 Å². The first kappa shape index (κ1) is 14.7. The van der Waals surface area contributed by atoms with Crippen LogP contribution in [-0.4, -0.2) is 25.7 Å². The van der Waals surface area contributed by atoms with Crippen LogP contribution < -0.4 is 15.0 Å². The Morgan fingerprint density at radius 2 is 2.05 bits per heavy atom. The molecule has 1 amide bonds. The first-order chi connectivity index (χ1) is 9.69. The van der Waals surface area contributed by atoms with E-state index in [4.69, 9.17) is 14.3 Å². The normalized spacial score (nSPS) is 15.1. The maximum Gasteiger partial charge on any atom is 0.281 e. The highest BCUT2D eigenvalue weighted by atomic mass is 16.7. The van der Waals surface area contributed by atoms with Gasteiger partial charge in [0.2, 0.25) is 0 Å². The van der Waals surface area contributed by atoms with E-state index in [1.807, 2.05) is 19.1 Å². The second-order valence-corrected chi connectivity index (χ2v) is 4.99. The van der Waals surface area contributed by atoms with Crippen molar-refractivity contribution >= 4 is 5.91 Å². The highest BCUT2D eigenvalue weighted by Crippen LogP contribution is 2.27. The summed E-state index contributed by atoms with van der Waals surface area (Å²) in [6.45, 7) is 1.88. The summed E-state index contributed by atoms with van der Waals surface area (Å²) in [4.78, 5) is 17.0. The first-order valence-corrected chi connectivity index (χ1v) is 6.91. The van der Waals surface area contributed by atoms with Crippen LogP contribution in [0.5, 0.6) is 11.5 Å². The van der Waals surface area contributed by atoms with Crippen LogP contribution in [0.1, 0.15) is 31.2 Å². The van der Waals surface area contributed by atoms with Crippen molar-refractivity contribution in [2.24, 2.45) is 0 Å². The number of hydrogen-bond acceptors (Lipinski definition) is 4. The van der Waals surface area contributed by atoms with E-state index in [0.29, 0.717) is 11.5 Å². The highest BCUT2D eigenvalue weighted by molar-refractivity contribution is 5.76. The third-order valence-corrected chi connectivity index (χ3v) is 3.32. The molecule has 1 aromatic rings. The predicted molar refractivity (Wildman–Crippen MR) is 74.7 cm³/mol. The molecule has 1 saturated carbocycles. The van der Waals surface area contributed by atoms with Gasteiger partial charge in [-0.1, -0.05) is 18.9 Å². The van der Waals surface area contributed by atoms with Crippen LogP contribution in [0, 0.1) is 6.92 Å². The van der Waals surface area contributed by atoms with Gasteiger partial charge in [0.15, 0.2) is 18.1 Å². The van der Waals surface area contributed by atoms with Gasteiger partial charge in [0, 0.05) is 0 Å². The number of hydrogen-bond donors (Lipinski definition) is 1. The van der Waals surface area contributed by atoms with Crippen molar-refractivity contribution in [3.05, 3.63) is 23.8 Å². The Morgan fingerprint density at radius 3 is 2.75 bits per heavy atom. The lowest BCUT2D eigenvalue weighted by Crippen LogP contribution is -2.32. The van der Waals surface area contributed by atoms with E-state index >= 15 is 0 Å². The van der Waals surface area contributed by atoms with Crippen molar-refractivity contribution in [3.8, 4) is 11.5 Å². The van der Waals surface area contributed by atoms with Crippen molar-refractivity contribution in [1.82, 2.24) is 5.48 Å². The van der Waals surface area contributed by atoms with Crippen LogP contribution in [0.2, 0.25) is 0 Å². The second kappa shape index (κ2) is 7.14. The maximum atomic E-state index is 11.6. The van der Waals surface area contributed by atoms with Crippen LogP contribution in [0.15, 0.2) is 18.2 Å². The summed E-state index contributed by atoms with van der Waals surface area (Å²) >= 11 is 0. The molecule has 2 rings (SSSR count). The minimum Gasteiger partial charge on any atom is -0.493 e. The molecule has 0 aliphatic heterocycles. The number of nitrogens with one attached hydrogen (secondary N) is 1. The number of methoxy groups -OCH3 is 1. The largest absolute Gasteiger partial charge is 0.493 e. The van der Waals surface area contributed by atoms with Crippen molar-refractivity contribution in [2.45, 2.75) is 38.7 Å². The van der Waals surface area contributed by atoms with Crippen molar-refractivity contribution in [2.75, 3.05) is 13.7 Å². The van der Waals surface area contributed by atoms with Gasteiger partial charge in [0.05, 0.1) is 13.2 Å². The molecule has 0 unspecified atom stereocenters. The summed E-state index contributed by atoms with van der Waals surface area (Å²) in [5.74, 6) is 0.878. The molecule has 0 heterocycles. The SMILES string of the molecule is COc1cc(C)ccc1OCC(=O)NOC1CCCC1. The van der Waals surface area contributed by atoms with Crippen molar-refractivity contribution in [1.29, 1.82) is 0 Å². The monoisotopic (exact) mass is 279 g/mol. The topological polar surface area (TPSA) is 56.8 Å². The highest BCUT2D eigenvalue weighted by Gasteiger charge is 2.17. The van der Waals surface area contributed by atoms with E-state index in [9.17, 15) is 4.79 Å². The van der Waals surface area contributed by atoms with Gasteiger partial charge in [-0.15, -0.1) is 0 Å². The zero-order valence-electron chi connectivity index (χ0n) is 12.0. The number of amides is 1. The summed E-state index contributed by atoms with van der Waals surface area (Å²) in [6, 6.07) is 5.56. The van der Waals surface area contributed by atoms with Gasteiger partial charge in [-0.3, -0.25) is 9.63 Å². The number of rotatable bonds is 6. The molecule has 5 heteroatoms. The zero-order valence-corrected chi connectivity index (χ0v) is 12.0. The minimum atomic E-state index is -0.292. The van der Waals surface area contributed by atoms with E-state index in [0.717, 1.165) is 31.2 Å². The van der Waals surface area contributed by atoms with E-state index in [1.165, 1.54) is 0 Å². The van der Waals surface area contributed by atoms with E-state index in [-0.39, 0.29) is 18.6 Å². The smallest absolute Gasteiger partial charge is 0.281 e. The molecule has 0 spiro atoms. The summed E-state index contributed by atoms with van der Waals surface area (Å²) in [7, 11) is 1.57. The molecular weight excluding hydrogens is 258 g/mol. The molecule has 0 radical (unpaired) electrons. The molecule has 1 aliphatic carbocycles. The molecule has 20 heavy (non-hydrogen) atoms. The van der Waals surface area contributed by atoms with Crippen molar-refractivity contribution < 1.29 is 19.1 Å². The number of ether oxygens (including phenoxy) is 2. The third kappa shape index (κ3) is 4.13. The standard InChI is InChI=1S/C15H21NO4/c1-11-7-8-13(14(9-11)18-2)19-10-15(17)16-20-12-5-3-4-6-12/h7-9,12H,3-6,10H2,1-2H3,(H,16,17). The molecule has 1 N–H and O–H groups in total.